The third kappa shape index (κ3) is 7.14. The van der Waals surface area contributed by atoms with Crippen molar-refractivity contribution in [3.63, 3.8) is 0 Å². The van der Waals surface area contributed by atoms with Crippen LogP contribution in [0.5, 0.6) is 5.75 Å². The molecule has 2 aromatic carbocycles. The second-order valence-corrected chi connectivity index (χ2v) is 11.0. The largest absolute Gasteiger partial charge is 0.490 e. The SMILES string of the molecule is Cc1ccc(NC(=O)c2ccc(CN3CCN(C)CC3)c(C(F)(F)F)c2)cc1OC1CCN(C(=O)c2ccco2)CC1. The average Bonchev–Trinajstić information content (AvgIpc) is 3.51. The Morgan fingerprint density at radius 1 is 1.00 bits per heavy atom. The Morgan fingerprint density at radius 2 is 1.74 bits per heavy atom. The van der Waals surface area contributed by atoms with E-state index in [4.69, 9.17) is 9.15 Å². The number of nitrogens with zero attached hydrogens (tertiary/aromatic N) is 3. The molecule has 5 rings (SSSR count). The Kier molecular flexibility index (Phi) is 8.88. The summed E-state index contributed by atoms with van der Waals surface area (Å²) in [6.45, 7) is 6.08. The number of piperidine rings is 1. The topological polar surface area (TPSA) is 78.3 Å². The summed E-state index contributed by atoms with van der Waals surface area (Å²) in [5.74, 6) is 0.0920. The number of hydrogen-bond acceptors (Lipinski definition) is 6. The van der Waals surface area contributed by atoms with Gasteiger partial charge in [0.25, 0.3) is 11.8 Å². The van der Waals surface area contributed by atoms with Crippen LogP contribution in [0.15, 0.2) is 59.2 Å². The first-order chi connectivity index (χ1) is 20.1. The zero-order valence-corrected chi connectivity index (χ0v) is 23.7. The number of likely N-dealkylation sites (tertiary alicyclic amines) is 1. The molecular formula is C31H35F3N4O4. The molecule has 3 heterocycles. The second-order valence-electron chi connectivity index (χ2n) is 11.0. The highest BCUT2D eigenvalue weighted by Gasteiger charge is 2.35. The number of carbonyl (C=O) groups excluding carboxylic acids is 2. The maximum Gasteiger partial charge on any atom is 0.416 e. The zero-order chi connectivity index (χ0) is 29.9. The van der Waals surface area contributed by atoms with Crippen LogP contribution in [0.25, 0.3) is 0 Å². The van der Waals surface area contributed by atoms with Gasteiger partial charge in [-0.05, 0) is 55.4 Å². The van der Waals surface area contributed by atoms with Crippen LogP contribution in [-0.4, -0.2) is 78.9 Å². The minimum absolute atomic E-state index is 0.0684. The number of likely N-dealkylation sites (N-methyl/N-ethyl adjacent to an activating group) is 1. The van der Waals surface area contributed by atoms with Gasteiger partial charge in [0.15, 0.2) is 5.76 Å². The van der Waals surface area contributed by atoms with Crippen LogP contribution in [0.2, 0.25) is 0 Å². The van der Waals surface area contributed by atoms with Crippen molar-refractivity contribution in [2.45, 2.75) is 38.6 Å². The predicted molar refractivity (Wildman–Crippen MR) is 152 cm³/mol. The number of rotatable bonds is 7. The van der Waals surface area contributed by atoms with E-state index in [0.29, 0.717) is 56.2 Å². The number of piperazine rings is 1. The van der Waals surface area contributed by atoms with Gasteiger partial charge in [0.2, 0.25) is 0 Å². The smallest absolute Gasteiger partial charge is 0.416 e. The van der Waals surface area contributed by atoms with Crippen molar-refractivity contribution in [1.29, 1.82) is 0 Å². The zero-order valence-electron chi connectivity index (χ0n) is 23.7. The Bertz CT molecular complexity index is 1390. The molecule has 0 radical (unpaired) electrons. The molecule has 1 aromatic heterocycles. The number of ether oxygens (including phenoxy) is 1. The lowest BCUT2D eigenvalue weighted by Gasteiger charge is -2.33. The van der Waals surface area contributed by atoms with Crippen molar-refractivity contribution >= 4 is 17.5 Å². The number of alkyl halides is 3. The van der Waals surface area contributed by atoms with Gasteiger partial charge in [-0.1, -0.05) is 12.1 Å². The van der Waals surface area contributed by atoms with E-state index >= 15 is 0 Å². The minimum Gasteiger partial charge on any atom is -0.490 e. The fourth-order valence-electron chi connectivity index (χ4n) is 5.29. The van der Waals surface area contributed by atoms with E-state index in [0.717, 1.165) is 24.7 Å². The number of carbonyl (C=O) groups is 2. The Labute approximate surface area is 243 Å². The fourth-order valence-corrected chi connectivity index (χ4v) is 5.29. The summed E-state index contributed by atoms with van der Waals surface area (Å²) < 4.78 is 53.4. The van der Waals surface area contributed by atoms with Crippen molar-refractivity contribution in [3.05, 3.63) is 82.8 Å². The molecule has 42 heavy (non-hydrogen) atoms. The molecule has 3 aromatic rings. The Balaban J connectivity index is 1.22. The van der Waals surface area contributed by atoms with Crippen molar-refractivity contribution < 1.29 is 31.9 Å². The maximum atomic E-state index is 14.0. The lowest BCUT2D eigenvalue weighted by Crippen LogP contribution is -2.44. The fraction of sp³-hybridized carbons (Fsp3) is 0.419. The summed E-state index contributed by atoms with van der Waals surface area (Å²) in [4.78, 5) is 31.4. The van der Waals surface area contributed by atoms with E-state index < -0.39 is 17.6 Å². The summed E-state index contributed by atoms with van der Waals surface area (Å²) in [5, 5.41) is 2.72. The lowest BCUT2D eigenvalue weighted by atomic mass is 10.0. The number of furan rings is 1. The van der Waals surface area contributed by atoms with E-state index in [1.54, 1.807) is 35.2 Å². The van der Waals surface area contributed by atoms with Gasteiger partial charge >= 0.3 is 6.18 Å². The van der Waals surface area contributed by atoms with Crippen molar-refractivity contribution in [2.24, 2.45) is 0 Å². The molecule has 2 aliphatic rings. The van der Waals surface area contributed by atoms with Crippen LogP contribution in [-0.2, 0) is 12.7 Å². The highest BCUT2D eigenvalue weighted by molar-refractivity contribution is 6.04. The van der Waals surface area contributed by atoms with Gasteiger partial charge in [0, 0.05) is 76.0 Å². The Morgan fingerprint density at radius 3 is 2.40 bits per heavy atom. The van der Waals surface area contributed by atoms with Crippen LogP contribution in [0, 0.1) is 6.92 Å². The number of benzene rings is 2. The molecule has 224 valence electrons. The van der Waals surface area contributed by atoms with Crippen LogP contribution in [0.1, 0.15) is 50.4 Å². The molecule has 0 atom stereocenters. The van der Waals surface area contributed by atoms with Crippen molar-refractivity contribution in [2.75, 3.05) is 51.6 Å². The van der Waals surface area contributed by atoms with E-state index in [-0.39, 0.29) is 29.7 Å². The van der Waals surface area contributed by atoms with Crippen molar-refractivity contribution in [3.8, 4) is 5.75 Å². The number of hydrogen-bond donors (Lipinski definition) is 1. The monoisotopic (exact) mass is 584 g/mol. The van der Waals surface area contributed by atoms with Gasteiger partial charge in [-0.2, -0.15) is 13.2 Å². The number of nitrogens with one attached hydrogen (secondary N) is 1. The predicted octanol–water partition coefficient (Wildman–Crippen LogP) is 5.29. The summed E-state index contributed by atoms with van der Waals surface area (Å²) in [6, 6.07) is 12.3. The molecule has 2 saturated heterocycles. The first-order valence-electron chi connectivity index (χ1n) is 14.1. The van der Waals surface area contributed by atoms with E-state index in [1.165, 1.54) is 18.4 Å². The Hall–Kier alpha value is -3.83. The number of halogens is 3. The quantitative estimate of drug-likeness (QED) is 0.407. The first kappa shape index (κ1) is 29.7. The van der Waals surface area contributed by atoms with Gasteiger partial charge in [0.05, 0.1) is 11.8 Å². The number of anilines is 1. The summed E-state index contributed by atoms with van der Waals surface area (Å²) in [6.07, 6.45) is -1.98. The van der Waals surface area contributed by atoms with E-state index in [9.17, 15) is 22.8 Å². The summed E-state index contributed by atoms with van der Waals surface area (Å²) >= 11 is 0. The molecule has 0 unspecified atom stereocenters. The summed E-state index contributed by atoms with van der Waals surface area (Å²) in [5.41, 5.74) is 0.572. The van der Waals surface area contributed by atoms with Crippen LogP contribution in [0.4, 0.5) is 18.9 Å². The van der Waals surface area contributed by atoms with Crippen LogP contribution >= 0.6 is 0 Å². The number of aryl methyl sites for hydroxylation is 1. The lowest BCUT2D eigenvalue weighted by molar-refractivity contribution is -0.138. The van der Waals surface area contributed by atoms with Gasteiger partial charge in [-0.15, -0.1) is 0 Å². The molecule has 1 N–H and O–H groups in total. The van der Waals surface area contributed by atoms with E-state index in [2.05, 4.69) is 10.2 Å². The summed E-state index contributed by atoms with van der Waals surface area (Å²) in [7, 11) is 1.99. The molecule has 0 spiro atoms. The van der Waals surface area contributed by atoms with Gasteiger partial charge in [-0.25, -0.2) is 0 Å². The molecule has 11 heteroatoms. The third-order valence-electron chi connectivity index (χ3n) is 7.87. The highest BCUT2D eigenvalue weighted by Crippen LogP contribution is 2.34. The number of amides is 2. The van der Waals surface area contributed by atoms with Gasteiger partial charge in [-0.3, -0.25) is 14.5 Å². The first-order valence-corrected chi connectivity index (χ1v) is 14.1. The van der Waals surface area contributed by atoms with Gasteiger partial charge in [0.1, 0.15) is 11.9 Å². The van der Waals surface area contributed by atoms with Gasteiger partial charge < -0.3 is 24.3 Å². The normalized spacial score (nSPS) is 17.3. The molecule has 0 bridgehead atoms. The molecule has 0 aliphatic carbocycles. The molecule has 8 nitrogen and oxygen atoms in total. The third-order valence-corrected chi connectivity index (χ3v) is 7.87. The molecule has 0 saturated carbocycles. The molecule has 2 fully saturated rings. The molecular weight excluding hydrogens is 549 g/mol. The van der Waals surface area contributed by atoms with Crippen LogP contribution < -0.4 is 10.1 Å². The minimum atomic E-state index is -4.58. The van der Waals surface area contributed by atoms with Crippen LogP contribution in [0.3, 0.4) is 0 Å². The second kappa shape index (κ2) is 12.6. The standard InChI is InChI=1S/C31H35F3N4O4/c1-21-5-8-24(19-28(21)42-25-9-11-38(12-10-25)30(40)27-4-3-17-41-27)35-29(39)22-6-7-23(26(18-22)31(32,33)34)20-37-15-13-36(2)14-16-37/h3-8,17-19,25H,9-16,20H2,1-2H3,(H,35,39). The maximum absolute atomic E-state index is 14.0. The molecule has 2 aliphatic heterocycles. The van der Waals surface area contributed by atoms with E-state index in [1.807, 2.05) is 18.9 Å². The molecule has 2 amide bonds. The highest BCUT2D eigenvalue weighted by atomic mass is 19.4. The average molecular weight is 585 g/mol. The van der Waals surface area contributed by atoms with Crippen molar-refractivity contribution in [1.82, 2.24) is 14.7 Å².